The van der Waals surface area contributed by atoms with Crippen LogP contribution >= 0.6 is 23.2 Å². The molecule has 7 heteroatoms. The summed E-state index contributed by atoms with van der Waals surface area (Å²) in [5.41, 5.74) is 0.453. The predicted molar refractivity (Wildman–Crippen MR) is 72.7 cm³/mol. The van der Waals surface area contributed by atoms with Crippen LogP contribution in [0.2, 0.25) is 10.0 Å². The second-order valence-electron chi connectivity index (χ2n) is 4.40. The van der Waals surface area contributed by atoms with Gasteiger partial charge >= 0.3 is 5.97 Å². The maximum absolute atomic E-state index is 11.8. The molecule has 0 unspecified atom stereocenters. The van der Waals surface area contributed by atoms with Crippen molar-refractivity contribution in [3.05, 3.63) is 28.2 Å². The number of aliphatic carboxylic acids is 1. The van der Waals surface area contributed by atoms with E-state index in [1.54, 1.807) is 23.1 Å². The summed E-state index contributed by atoms with van der Waals surface area (Å²) in [7, 11) is 0. The Morgan fingerprint density at radius 2 is 2.05 bits per heavy atom. The van der Waals surface area contributed by atoms with E-state index in [2.05, 4.69) is 5.32 Å². The Morgan fingerprint density at radius 1 is 1.37 bits per heavy atom. The van der Waals surface area contributed by atoms with Crippen molar-refractivity contribution in [2.24, 2.45) is 5.92 Å². The number of carbonyl (C=O) groups is 2. The molecule has 102 valence electrons. The molecule has 5 nitrogen and oxygen atoms in total. The molecule has 0 spiro atoms. The van der Waals surface area contributed by atoms with Crippen molar-refractivity contribution in [1.29, 1.82) is 0 Å². The number of nitrogens with one attached hydrogen (secondary N) is 1. The molecule has 1 aromatic carbocycles. The van der Waals surface area contributed by atoms with Crippen LogP contribution in [0.25, 0.3) is 0 Å². The Bertz CT molecular complexity index is 516. The zero-order chi connectivity index (χ0) is 14.0. The molecule has 2 N–H and O–H groups in total. The number of halogens is 2. The highest BCUT2D eigenvalue weighted by Crippen LogP contribution is 2.25. The molecule has 1 aromatic rings. The van der Waals surface area contributed by atoms with Crippen LogP contribution in [0.4, 0.5) is 5.69 Å². The lowest BCUT2D eigenvalue weighted by Crippen LogP contribution is -2.52. The summed E-state index contributed by atoms with van der Waals surface area (Å²) in [6.45, 7) is 0.935. The summed E-state index contributed by atoms with van der Waals surface area (Å²) in [4.78, 5) is 24.1. The summed E-state index contributed by atoms with van der Waals surface area (Å²) in [5, 5.41) is 12.3. The number of benzene rings is 1. The number of rotatable bonds is 4. The summed E-state index contributed by atoms with van der Waals surface area (Å²) in [6.07, 6.45) is 0. The van der Waals surface area contributed by atoms with Gasteiger partial charge in [0.1, 0.15) is 0 Å². The first-order valence-corrected chi connectivity index (χ1v) is 6.41. The van der Waals surface area contributed by atoms with E-state index in [9.17, 15) is 9.59 Å². The van der Waals surface area contributed by atoms with Crippen molar-refractivity contribution in [1.82, 2.24) is 4.90 Å². The quantitative estimate of drug-likeness (QED) is 0.892. The Morgan fingerprint density at radius 3 is 2.68 bits per heavy atom. The number of carboxylic acid groups (broad SMARTS) is 1. The fourth-order valence-corrected chi connectivity index (χ4v) is 2.18. The molecule has 2 rings (SSSR count). The fourth-order valence-electron chi connectivity index (χ4n) is 1.84. The van der Waals surface area contributed by atoms with E-state index in [-0.39, 0.29) is 18.4 Å². The molecule has 0 radical (unpaired) electrons. The average Bonchev–Trinajstić information content (AvgIpc) is 2.27. The summed E-state index contributed by atoms with van der Waals surface area (Å²) in [6, 6.07) is 4.80. The first-order chi connectivity index (χ1) is 8.95. The van der Waals surface area contributed by atoms with Gasteiger partial charge in [-0.15, -0.1) is 0 Å². The fraction of sp³-hybridized carbons (Fsp3) is 0.333. The lowest BCUT2D eigenvalue weighted by molar-refractivity contribution is -0.148. The lowest BCUT2D eigenvalue weighted by Gasteiger charge is -2.35. The molecule has 0 bridgehead atoms. The maximum Gasteiger partial charge on any atom is 0.309 e. The third kappa shape index (κ3) is 3.59. The zero-order valence-corrected chi connectivity index (χ0v) is 11.4. The summed E-state index contributed by atoms with van der Waals surface area (Å²) >= 11 is 11.7. The maximum atomic E-state index is 11.8. The van der Waals surface area contributed by atoms with E-state index in [4.69, 9.17) is 28.3 Å². The smallest absolute Gasteiger partial charge is 0.309 e. The number of anilines is 1. The van der Waals surface area contributed by atoms with Crippen LogP contribution in [-0.2, 0) is 9.59 Å². The van der Waals surface area contributed by atoms with Gasteiger partial charge in [0.15, 0.2) is 0 Å². The highest BCUT2D eigenvalue weighted by Gasteiger charge is 2.33. The van der Waals surface area contributed by atoms with Gasteiger partial charge in [0.05, 0.1) is 23.2 Å². The van der Waals surface area contributed by atoms with E-state index in [1.165, 1.54) is 0 Å². The van der Waals surface area contributed by atoms with Gasteiger partial charge in [0.25, 0.3) is 0 Å². The topological polar surface area (TPSA) is 69.6 Å². The van der Waals surface area contributed by atoms with Crippen molar-refractivity contribution in [2.45, 2.75) is 0 Å². The molecule has 1 fully saturated rings. The minimum Gasteiger partial charge on any atom is -0.481 e. The van der Waals surface area contributed by atoms with E-state index in [1.807, 2.05) is 0 Å². The molecule has 1 heterocycles. The molecule has 0 aromatic heterocycles. The van der Waals surface area contributed by atoms with Gasteiger partial charge in [-0.1, -0.05) is 23.2 Å². The van der Waals surface area contributed by atoms with Gasteiger partial charge in [-0.05, 0) is 18.2 Å². The van der Waals surface area contributed by atoms with E-state index < -0.39 is 5.97 Å². The van der Waals surface area contributed by atoms with Crippen LogP contribution in [0, 0.1) is 5.92 Å². The average molecular weight is 303 g/mol. The molecule has 1 amide bonds. The van der Waals surface area contributed by atoms with Crippen LogP contribution in [-0.4, -0.2) is 41.5 Å². The second kappa shape index (κ2) is 5.77. The number of likely N-dealkylation sites (tertiary alicyclic amines) is 1. The van der Waals surface area contributed by atoms with Crippen molar-refractivity contribution in [2.75, 3.05) is 25.0 Å². The molecule has 1 aliphatic rings. The van der Waals surface area contributed by atoms with E-state index in [0.29, 0.717) is 28.8 Å². The number of hydrogen-bond acceptors (Lipinski definition) is 3. The Kier molecular flexibility index (Phi) is 4.29. The first kappa shape index (κ1) is 14.1. The van der Waals surface area contributed by atoms with Gasteiger partial charge < -0.3 is 10.4 Å². The van der Waals surface area contributed by atoms with E-state index >= 15 is 0 Å². The molecule has 0 aliphatic carbocycles. The SMILES string of the molecule is O=C(CN1CC(C(=O)O)C1)Nc1cc(Cl)ccc1Cl. The minimum atomic E-state index is -0.824. The second-order valence-corrected chi connectivity index (χ2v) is 5.25. The van der Waals surface area contributed by atoms with Crippen LogP contribution in [0.3, 0.4) is 0 Å². The molecule has 1 aliphatic heterocycles. The Balaban J connectivity index is 1.85. The zero-order valence-electron chi connectivity index (χ0n) is 9.90. The van der Waals surface area contributed by atoms with Gasteiger partial charge in [-0.2, -0.15) is 0 Å². The van der Waals surface area contributed by atoms with E-state index in [0.717, 1.165) is 0 Å². The van der Waals surface area contributed by atoms with Gasteiger partial charge in [0.2, 0.25) is 5.91 Å². The third-order valence-corrected chi connectivity index (χ3v) is 3.44. The minimum absolute atomic E-state index is 0.145. The molecule has 19 heavy (non-hydrogen) atoms. The van der Waals surface area contributed by atoms with Crippen molar-refractivity contribution in [3.8, 4) is 0 Å². The molecule has 1 saturated heterocycles. The number of carboxylic acids is 1. The molecular formula is C12H12Cl2N2O3. The van der Waals surface area contributed by atoms with Crippen molar-refractivity contribution >= 4 is 40.8 Å². The molecular weight excluding hydrogens is 291 g/mol. The van der Waals surface area contributed by atoms with Gasteiger partial charge in [0, 0.05) is 18.1 Å². The van der Waals surface area contributed by atoms with Crippen molar-refractivity contribution in [3.63, 3.8) is 0 Å². The standard InChI is InChI=1S/C12H12Cl2N2O3/c13-8-1-2-9(14)10(3-8)15-11(17)6-16-4-7(5-16)12(18)19/h1-3,7H,4-6H2,(H,15,17)(H,18,19). The first-order valence-electron chi connectivity index (χ1n) is 5.66. The van der Waals surface area contributed by atoms with Gasteiger partial charge in [-0.25, -0.2) is 0 Å². The Hall–Kier alpha value is -1.30. The van der Waals surface area contributed by atoms with Crippen LogP contribution in [0.5, 0.6) is 0 Å². The lowest BCUT2D eigenvalue weighted by atomic mass is 10.0. The van der Waals surface area contributed by atoms with Crippen LogP contribution in [0.1, 0.15) is 0 Å². The largest absolute Gasteiger partial charge is 0.481 e. The number of nitrogens with zero attached hydrogens (tertiary/aromatic N) is 1. The highest BCUT2D eigenvalue weighted by atomic mass is 35.5. The van der Waals surface area contributed by atoms with Gasteiger partial charge in [-0.3, -0.25) is 14.5 Å². The third-order valence-electron chi connectivity index (χ3n) is 2.88. The number of hydrogen-bond donors (Lipinski definition) is 2. The monoisotopic (exact) mass is 302 g/mol. The molecule has 0 atom stereocenters. The number of carbonyl (C=O) groups excluding carboxylic acids is 1. The van der Waals surface area contributed by atoms with Crippen molar-refractivity contribution < 1.29 is 14.7 Å². The normalized spacial score (nSPS) is 15.9. The summed E-state index contributed by atoms with van der Waals surface area (Å²) < 4.78 is 0. The Labute approximate surface area is 120 Å². The molecule has 0 saturated carbocycles. The highest BCUT2D eigenvalue weighted by molar-refractivity contribution is 6.35. The summed E-state index contributed by atoms with van der Waals surface area (Å²) in [5.74, 6) is -1.44. The van der Waals surface area contributed by atoms with Crippen LogP contribution < -0.4 is 5.32 Å². The van der Waals surface area contributed by atoms with Crippen LogP contribution in [0.15, 0.2) is 18.2 Å². The predicted octanol–water partition coefficient (Wildman–Crippen LogP) is 1.95. The number of amides is 1.